The summed E-state index contributed by atoms with van der Waals surface area (Å²) in [6.07, 6.45) is 8.75. The quantitative estimate of drug-likeness (QED) is 0.407. The molecule has 7 nitrogen and oxygen atoms in total. The van der Waals surface area contributed by atoms with Crippen LogP contribution in [0.5, 0.6) is 0 Å². The van der Waals surface area contributed by atoms with Crippen LogP contribution in [0, 0.1) is 0 Å². The van der Waals surface area contributed by atoms with Gasteiger partial charge in [0.25, 0.3) is 0 Å². The van der Waals surface area contributed by atoms with Crippen molar-refractivity contribution in [2.24, 2.45) is 0 Å². The molecule has 0 fully saturated rings. The predicted molar refractivity (Wildman–Crippen MR) is 105 cm³/mol. The van der Waals surface area contributed by atoms with Crippen molar-refractivity contribution in [3.8, 4) is 16.8 Å². The van der Waals surface area contributed by atoms with Crippen LogP contribution >= 0.6 is 11.6 Å². The number of pyridine rings is 2. The van der Waals surface area contributed by atoms with Gasteiger partial charge in [0.2, 0.25) is 0 Å². The minimum atomic E-state index is 0.408. The maximum atomic E-state index is 6.41. The zero-order valence-electron chi connectivity index (χ0n) is 14.6. The largest absolute Gasteiger partial charge is 0.383 e. The molecule has 0 radical (unpaired) electrons. The third kappa shape index (κ3) is 3.47. The van der Waals surface area contributed by atoms with E-state index in [4.69, 9.17) is 16.3 Å². The summed E-state index contributed by atoms with van der Waals surface area (Å²) in [6, 6.07) is 7.76. The summed E-state index contributed by atoms with van der Waals surface area (Å²) >= 11 is 6.41. The lowest BCUT2D eigenvalue weighted by molar-refractivity contribution is 0.210. The summed E-state index contributed by atoms with van der Waals surface area (Å²) in [7, 11) is 1.67. The lowest BCUT2D eigenvalue weighted by Crippen LogP contribution is -2.08. The molecule has 0 unspecified atom stereocenters. The summed E-state index contributed by atoms with van der Waals surface area (Å²) < 4.78 is 7.01. The fraction of sp³-hybridized carbons (Fsp3) is 0.158. The molecule has 4 rings (SSSR count). The number of aromatic nitrogens is 5. The molecule has 0 aromatic carbocycles. The van der Waals surface area contributed by atoms with Gasteiger partial charge >= 0.3 is 0 Å². The Hall–Kier alpha value is -3.03. The van der Waals surface area contributed by atoms with Crippen molar-refractivity contribution in [1.29, 1.82) is 0 Å². The van der Waals surface area contributed by atoms with Crippen molar-refractivity contribution in [3.05, 3.63) is 60.5 Å². The average molecular weight is 381 g/mol. The Morgan fingerprint density at radius 2 is 1.96 bits per heavy atom. The van der Waals surface area contributed by atoms with Crippen LogP contribution < -0.4 is 5.32 Å². The Morgan fingerprint density at radius 3 is 2.70 bits per heavy atom. The molecule has 27 heavy (non-hydrogen) atoms. The highest BCUT2D eigenvalue weighted by Crippen LogP contribution is 2.34. The molecule has 4 aromatic heterocycles. The van der Waals surface area contributed by atoms with Crippen LogP contribution in [0.25, 0.3) is 27.8 Å². The Kier molecular flexibility index (Phi) is 4.95. The van der Waals surface area contributed by atoms with Gasteiger partial charge in [-0.1, -0.05) is 11.6 Å². The fourth-order valence-corrected chi connectivity index (χ4v) is 3.11. The van der Waals surface area contributed by atoms with Gasteiger partial charge in [-0.05, 0) is 24.3 Å². The van der Waals surface area contributed by atoms with Crippen molar-refractivity contribution < 1.29 is 4.74 Å². The maximum absolute atomic E-state index is 6.41. The number of anilines is 1. The summed E-state index contributed by atoms with van der Waals surface area (Å²) in [5.74, 6) is 0.788. The van der Waals surface area contributed by atoms with Gasteiger partial charge in [-0.2, -0.15) is 0 Å². The van der Waals surface area contributed by atoms with E-state index in [2.05, 4.69) is 25.3 Å². The summed E-state index contributed by atoms with van der Waals surface area (Å²) in [5.41, 5.74) is 3.53. The number of halogens is 1. The molecule has 1 N–H and O–H groups in total. The second kappa shape index (κ2) is 7.69. The van der Waals surface area contributed by atoms with E-state index in [9.17, 15) is 0 Å². The van der Waals surface area contributed by atoms with Gasteiger partial charge in [-0.3, -0.25) is 4.98 Å². The highest BCUT2D eigenvalue weighted by atomic mass is 35.5. The number of ether oxygens (including phenoxy) is 1. The molecule has 0 bridgehead atoms. The molecular formula is C19H17ClN6O. The van der Waals surface area contributed by atoms with Crippen LogP contribution in [-0.2, 0) is 4.74 Å². The van der Waals surface area contributed by atoms with Gasteiger partial charge in [0.05, 0.1) is 17.7 Å². The first-order chi connectivity index (χ1) is 13.3. The number of fused-ring (bicyclic) bond motifs is 1. The third-order valence-corrected chi connectivity index (χ3v) is 4.45. The number of nitrogens with one attached hydrogen (secondary N) is 1. The maximum Gasteiger partial charge on any atom is 0.150 e. The lowest BCUT2D eigenvalue weighted by atomic mass is 10.1. The molecule has 0 atom stereocenters. The molecule has 0 saturated heterocycles. The molecule has 8 heteroatoms. The van der Waals surface area contributed by atoms with Crippen LogP contribution in [0.2, 0.25) is 5.15 Å². The molecule has 4 aromatic rings. The SMILES string of the molecule is COCCNc1ccc(-c2cn(-c3ccncc3)c3ncnc(Cl)c23)cn1. The molecule has 0 aliphatic carbocycles. The van der Waals surface area contributed by atoms with Crippen molar-refractivity contribution in [2.45, 2.75) is 0 Å². The first-order valence-electron chi connectivity index (χ1n) is 8.39. The smallest absolute Gasteiger partial charge is 0.150 e. The molecule has 0 aliphatic heterocycles. The summed E-state index contributed by atoms with van der Waals surface area (Å²) in [5, 5.41) is 4.40. The Labute approximate surface area is 161 Å². The highest BCUT2D eigenvalue weighted by Gasteiger charge is 2.16. The second-order valence-electron chi connectivity index (χ2n) is 5.83. The van der Waals surface area contributed by atoms with E-state index in [0.717, 1.165) is 33.7 Å². The second-order valence-corrected chi connectivity index (χ2v) is 6.19. The van der Waals surface area contributed by atoms with Crippen LogP contribution in [-0.4, -0.2) is 44.8 Å². The summed E-state index contributed by atoms with van der Waals surface area (Å²) in [4.78, 5) is 17.1. The molecule has 136 valence electrons. The number of hydrogen-bond donors (Lipinski definition) is 1. The molecule has 0 aliphatic rings. The Bertz CT molecular complexity index is 1050. The molecule has 0 amide bonds. The first kappa shape index (κ1) is 17.4. The van der Waals surface area contributed by atoms with Crippen molar-refractivity contribution in [2.75, 3.05) is 25.6 Å². The van der Waals surface area contributed by atoms with Gasteiger partial charge < -0.3 is 14.6 Å². The molecular weight excluding hydrogens is 364 g/mol. The first-order valence-corrected chi connectivity index (χ1v) is 8.77. The molecule has 0 spiro atoms. The van der Waals surface area contributed by atoms with Gasteiger partial charge in [0.15, 0.2) is 0 Å². The van der Waals surface area contributed by atoms with E-state index >= 15 is 0 Å². The molecule has 0 saturated carbocycles. The zero-order chi connectivity index (χ0) is 18.6. The van der Waals surface area contributed by atoms with Gasteiger partial charge in [-0.25, -0.2) is 15.0 Å². The third-order valence-electron chi connectivity index (χ3n) is 4.16. The van der Waals surface area contributed by atoms with Crippen LogP contribution in [0.15, 0.2) is 55.4 Å². The van der Waals surface area contributed by atoms with E-state index in [1.165, 1.54) is 6.33 Å². The van der Waals surface area contributed by atoms with Gasteiger partial charge in [-0.15, -0.1) is 0 Å². The van der Waals surface area contributed by atoms with Crippen molar-refractivity contribution >= 4 is 28.5 Å². The predicted octanol–water partition coefficient (Wildman–Crippen LogP) is 3.59. The highest BCUT2D eigenvalue weighted by molar-refractivity contribution is 6.35. The van der Waals surface area contributed by atoms with E-state index in [-0.39, 0.29) is 0 Å². The van der Waals surface area contributed by atoms with E-state index in [1.807, 2.05) is 41.2 Å². The monoisotopic (exact) mass is 380 g/mol. The Balaban J connectivity index is 1.78. The topological polar surface area (TPSA) is 77.8 Å². The lowest BCUT2D eigenvalue weighted by Gasteiger charge is -2.05. The zero-order valence-corrected chi connectivity index (χ0v) is 15.4. The van der Waals surface area contributed by atoms with Gasteiger partial charge in [0, 0.05) is 49.6 Å². The van der Waals surface area contributed by atoms with E-state index < -0.39 is 0 Å². The minimum Gasteiger partial charge on any atom is -0.383 e. The standard InChI is InChI=1S/C19H17ClN6O/c1-27-9-8-22-16-3-2-13(10-23-16)15-11-26(14-4-6-21-7-5-14)19-17(15)18(20)24-12-25-19/h2-7,10-12H,8-9H2,1H3,(H,22,23). The summed E-state index contributed by atoms with van der Waals surface area (Å²) in [6.45, 7) is 1.32. The van der Waals surface area contributed by atoms with Gasteiger partial charge in [0.1, 0.15) is 22.9 Å². The Morgan fingerprint density at radius 1 is 1.11 bits per heavy atom. The van der Waals surface area contributed by atoms with E-state index in [0.29, 0.717) is 18.3 Å². The van der Waals surface area contributed by atoms with Crippen molar-refractivity contribution in [3.63, 3.8) is 0 Å². The number of rotatable bonds is 6. The normalized spacial score (nSPS) is 11.0. The van der Waals surface area contributed by atoms with Crippen LogP contribution in [0.3, 0.4) is 0 Å². The van der Waals surface area contributed by atoms with E-state index in [1.54, 1.807) is 19.5 Å². The minimum absolute atomic E-state index is 0.408. The number of hydrogen-bond acceptors (Lipinski definition) is 6. The average Bonchev–Trinajstić information content (AvgIpc) is 3.10. The van der Waals surface area contributed by atoms with Crippen molar-refractivity contribution in [1.82, 2.24) is 24.5 Å². The molecule has 4 heterocycles. The van der Waals surface area contributed by atoms with Crippen LogP contribution in [0.4, 0.5) is 5.82 Å². The number of methoxy groups -OCH3 is 1. The number of nitrogens with zero attached hydrogens (tertiary/aromatic N) is 5. The van der Waals surface area contributed by atoms with Crippen LogP contribution in [0.1, 0.15) is 0 Å². The fourth-order valence-electron chi connectivity index (χ4n) is 2.88.